The van der Waals surface area contributed by atoms with Gasteiger partial charge in [0, 0.05) is 22.1 Å². The largest absolute Gasteiger partial charge is 0.495 e. The number of hydrogen-bond donors (Lipinski definition) is 1. The second-order valence-electron chi connectivity index (χ2n) is 4.84. The van der Waals surface area contributed by atoms with Crippen LogP contribution in [0.5, 0.6) is 5.75 Å². The van der Waals surface area contributed by atoms with E-state index in [0.717, 1.165) is 4.90 Å². The first-order valence-electron chi connectivity index (χ1n) is 6.96. The number of carbonyl (C=O) groups excluding carboxylic acids is 1. The molecule has 1 atom stereocenters. The fourth-order valence-electron chi connectivity index (χ4n) is 1.92. The van der Waals surface area contributed by atoms with Crippen LogP contribution in [-0.2, 0) is 4.79 Å². The van der Waals surface area contributed by atoms with Gasteiger partial charge in [0.05, 0.1) is 23.0 Å². The lowest BCUT2D eigenvalue weighted by Gasteiger charge is -2.14. The van der Waals surface area contributed by atoms with Gasteiger partial charge in [-0.1, -0.05) is 11.6 Å². The van der Waals surface area contributed by atoms with E-state index in [1.54, 1.807) is 37.3 Å². The van der Waals surface area contributed by atoms with Gasteiger partial charge in [-0.3, -0.25) is 14.9 Å². The molecule has 2 aromatic carbocycles. The Hall–Kier alpha value is -2.25. The lowest BCUT2D eigenvalue weighted by Crippen LogP contribution is -2.22. The Bertz CT molecular complexity index is 752. The van der Waals surface area contributed by atoms with Crippen molar-refractivity contribution in [2.45, 2.75) is 17.1 Å². The second kappa shape index (κ2) is 8.03. The average molecular weight is 367 g/mol. The predicted octanol–water partition coefficient (Wildman–Crippen LogP) is 4.38. The van der Waals surface area contributed by atoms with Gasteiger partial charge in [0.1, 0.15) is 5.75 Å². The number of non-ortho nitro benzene ring substituents is 1. The minimum Gasteiger partial charge on any atom is -0.495 e. The highest BCUT2D eigenvalue weighted by Gasteiger charge is 2.17. The van der Waals surface area contributed by atoms with Gasteiger partial charge in [0.2, 0.25) is 5.91 Å². The van der Waals surface area contributed by atoms with Crippen LogP contribution in [0.15, 0.2) is 47.4 Å². The summed E-state index contributed by atoms with van der Waals surface area (Å²) in [5, 5.41) is 13.5. The van der Waals surface area contributed by atoms with Gasteiger partial charge in [-0.05, 0) is 37.3 Å². The van der Waals surface area contributed by atoms with Crippen LogP contribution in [0.2, 0.25) is 5.02 Å². The highest BCUT2D eigenvalue weighted by Crippen LogP contribution is 2.30. The van der Waals surface area contributed by atoms with Gasteiger partial charge >= 0.3 is 0 Å². The van der Waals surface area contributed by atoms with E-state index in [-0.39, 0.29) is 11.6 Å². The first kappa shape index (κ1) is 18.1. The van der Waals surface area contributed by atoms with Crippen LogP contribution in [0.25, 0.3) is 0 Å². The van der Waals surface area contributed by atoms with Crippen molar-refractivity contribution in [3.8, 4) is 5.75 Å². The van der Waals surface area contributed by atoms with E-state index in [0.29, 0.717) is 16.5 Å². The molecule has 0 aliphatic carbocycles. The predicted molar refractivity (Wildman–Crippen MR) is 95.0 cm³/mol. The van der Waals surface area contributed by atoms with Gasteiger partial charge in [0.25, 0.3) is 5.69 Å². The number of amides is 1. The Kier molecular flexibility index (Phi) is 6.05. The zero-order valence-corrected chi connectivity index (χ0v) is 14.6. The number of nitro benzene ring substituents is 1. The van der Waals surface area contributed by atoms with Crippen molar-refractivity contribution in [1.82, 2.24) is 0 Å². The molecule has 0 radical (unpaired) electrons. The molecule has 8 heteroatoms. The van der Waals surface area contributed by atoms with Crippen LogP contribution in [0.4, 0.5) is 11.4 Å². The number of thioether (sulfide) groups is 1. The van der Waals surface area contributed by atoms with Crippen LogP contribution in [-0.4, -0.2) is 23.2 Å². The molecule has 0 bridgehead atoms. The highest BCUT2D eigenvalue weighted by atomic mass is 35.5. The van der Waals surface area contributed by atoms with E-state index in [9.17, 15) is 14.9 Å². The molecule has 0 aliphatic heterocycles. The zero-order chi connectivity index (χ0) is 17.7. The lowest BCUT2D eigenvalue weighted by atomic mass is 10.3. The van der Waals surface area contributed by atoms with Crippen molar-refractivity contribution in [1.29, 1.82) is 0 Å². The van der Waals surface area contributed by atoms with Crippen molar-refractivity contribution in [3.05, 3.63) is 57.6 Å². The maximum absolute atomic E-state index is 12.3. The maximum Gasteiger partial charge on any atom is 0.269 e. The summed E-state index contributed by atoms with van der Waals surface area (Å²) in [6.07, 6.45) is 0. The van der Waals surface area contributed by atoms with Crippen molar-refractivity contribution < 1.29 is 14.5 Å². The second-order valence-corrected chi connectivity index (χ2v) is 6.70. The summed E-state index contributed by atoms with van der Waals surface area (Å²) < 4.78 is 5.19. The van der Waals surface area contributed by atoms with Crippen LogP contribution in [0, 0.1) is 10.1 Å². The molecule has 1 amide bonds. The molecule has 1 N–H and O–H groups in total. The maximum atomic E-state index is 12.3. The smallest absolute Gasteiger partial charge is 0.269 e. The van der Waals surface area contributed by atoms with Crippen LogP contribution >= 0.6 is 23.4 Å². The van der Waals surface area contributed by atoms with Crippen molar-refractivity contribution >= 4 is 40.6 Å². The zero-order valence-electron chi connectivity index (χ0n) is 13.0. The Labute approximate surface area is 148 Å². The number of carbonyl (C=O) groups is 1. The molecule has 0 heterocycles. The lowest BCUT2D eigenvalue weighted by molar-refractivity contribution is -0.384. The number of halogens is 1. The summed E-state index contributed by atoms with van der Waals surface area (Å²) in [5.41, 5.74) is 0.506. The SMILES string of the molecule is COc1ccc(Cl)cc1NC(=O)C(C)Sc1ccc([N+](=O)[O-])cc1. The number of ether oxygens (including phenoxy) is 1. The van der Waals surface area contributed by atoms with E-state index < -0.39 is 10.2 Å². The Morgan fingerprint density at radius 1 is 1.29 bits per heavy atom. The fraction of sp³-hybridized carbons (Fsp3) is 0.188. The van der Waals surface area contributed by atoms with Crippen LogP contribution < -0.4 is 10.1 Å². The first-order valence-corrected chi connectivity index (χ1v) is 8.22. The minimum atomic E-state index is -0.462. The van der Waals surface area contributed by atoms with E-state index in [4.69, 9.17) is 16.3 Å². The molecule has 0 saturated carbocycles. The van der Waals surface area contributed by atoms with Gasteiger partial charge in [0.15, 0.2) is 0 Å². The normalized spacial score (nSPS) is 11.6. The van der Waals surface area contributed by atoms with Crippen molar-refractivity contribution in [2.75, 3.05) is 12.4 Å². The van der Waals surface area contributed by atoms with Gasteiger partial charge < -0.3 is 10.1 Å². The van der Waals surface area contributed by atoms with Gasteiger partial charge in [-0.15, -0.1) is 11.8 Å². The third-order valence-corrected chi connectivity index (χ3v) is 4.50. The number of anilines is 1. The molecule has 1 unspecified atom stereocenters. The molecule has 2 rings (SSSR count). The molecule has 0 aromatic heterocycles. The quantitative estimate of drug-likeness (QED) is 0.466. The van der Waals surface area contributed by atoms with Crippen LogP contribution in [0.1, 0.15) is 6.92 Å². The van der Waals surface area contributed by atoms with Gasteiger partial charge in [-0.25, -0.2) is 0 Å². The van der Waals surface area contributed by atoms with E-state index in [2.05, 4.69) is 5.32 Å². The number of methoxy groups -OCH3 is 1. The molecular formula is C16H15ClN2O4S. The number of hydrogen-bond acceptors (Lipinski definition) is 5. The molecule has 0 saturated heterocycles. The summed E-state index contributed by atoms with van der Waals surface area (Å²) in [6, 6.07) is 11.0. The number of nitrogens with one attached hydrogen (secondary N) is 1. The number of benzene rings is 2. The first-order chi connectivity index (χ1) is 11.4. The molecule has 2 aromatic rings. The number of rotatable bonds is 6. The van der Waals surface area contributed by atoms with Crippen molar-refractivity contribution in [2.24, 2.45) is 0 Å². The van der Waals surface area contributed by atoms with Crippen molar-refractivity contribution in [3.63, 3.8) is 0 Å². The summed E-state index contributed by atoms with van der Waals surface area (Å²) in [6.45, 7) is 1.75. The third kappa shape index (κ3) is 4.62. The molecule has 126 valence electrons. The molecular weight excluding hydrogens is 352 g/mol. The van der Waals surface area contributed by atoms with E-state index >= 15 is 0 Å². The summed E-state index contributed by atoms with van der Waals surface area (Å²) in [4.78, 5) is 23.3. The highest BCUT2D eigenvalue weighted by molar-refractivity contribution is 8.00. The molecule has 0 spiro atoms. The number of nitrogens with zero attached hydrogens (tertiary/aromatic N) is 1. The third-order valence-electron chi connectivity index (χ3n) is 3.15. The summed E-state index contributed by atoms with van der Waals surface area (Å²) >= 11 is 7.24. The Morgan fingerprint density at radius 3 is 2.54 bits per heavy atom. The Morgan fingerprint density at radius 2 is 1.96 bits per heavy atom. The summed E-state index contributed by atoms with van der Waals surface area (Å²) in [7, 11) is 1.51. The minimum absolute atomic E-state index is 0.0140. The summed E-state index contributed by atoms with van der Waals surface area (Å²) in [5.74, 6) is 0.291. The van der Waals surface area contributed by atoms with E-state index in [1.807, 2.05) is 0 Å². The standard InChI is InChI=1S/C16H15ClN2O4S/c1-10(24-13-6-4-12(5-7-13)19(21)22)16(20)18-14-9-11(17)3-8-15(14)23-2/h3-10H,1-2H3,(H,18,20). The Balaban J connectivity index is 2.04. The van der Waals surface area contributed by atoms with Crippen LogP contribution in [0.3, 0.4) is 0 Å². The monoisotopic (exact) mass is 366 g/mol. The van der Waals surface area contributed by atoms with Gasteiger partial charge in [-0.2, -0.15) is 0 Å². The fourth-order valence-corrected chi connectivity index (χ4v) is 2.96. The van der Waals surface area contributed by atoms with E-state index in [1.165, 1.54) is 31.0 Å². The molecule has 24 heavy (non-hydrogen) atoms. The average Bonchev–Trinajstić information content (AvgIpc) is 2.55. The number of nitro groups is 1. The molecule has 0 aliphatic rings. The molecule has 6 nitrogen and oxygen atoms in total. The molecule has 0 fully saturated rings. The topological polar surface area (TPSA) is 81.5 Å².